The van der Waals surface area contributed by atoms with Crippen molar-refractivity contribution in [2.45, 2.75) is 262 Å². The monoisotopic (exact) mass is 1230 g/mol. The lowest BCUT2D eigenvalue weighted by Gasteiger charge is -2.41. The van der Waals surface area contributed by atoms with Crippen LogP contribution < -0.4 is 11.5 Å². The molecule has 27 unspecified atom stereocenters. The summed E-state index contributed by atoms with van der Waals surface area (Å²) in [5, 5.41) is 187. The molecule has 1 fully saturated rings. The Morgan fingerprint density at radius 1 is 0.663 bits per heavy atom. The fraction of sp³-hybridized carbons (Fsp3) is 0.806. The molecule has 86 heavy (non-hydrogen) atoms. The van der Waals surface area contributed by atoms with E-state index in [0.29, 0.717) is 32.1 Å². The minimum absolute atomic E-state index is 0.0594. The third-order valence-corrected chi connectivity index (χ3v) is 17.3. The van der Waals surface area contributed by atoms with Crippen LogP contribution in [0.1, 0.15) is 139 Å². The van der Waals surface area contributed by atoms with Gasteiger partial charge in [0, 0.05) is 66.9 Å². The van der Waals surface area contributed by atoms with Crippen molar-refractivity contribution in [3.8, 4) is 0 Å². The number of esters is 1. The first-order chi connectivity index (χ1) is 40.2. The standard InChI is InChI=1S/C62H111N3O21/c1-32-15-10-11-19-47(73)38(7)55(78)33(2)16-12-17-35(4)60(83)84-51(37(6)46(72)20-14-24-65-62(63)64)21-13-18-41(67)26-42(68)28-48(74)39(8)56(79)40(9)49(75)29-43(69)27-44(70)30-50(76)52(25-36(5)54(77)34(3)22-23-45(32)71)85-61-59(82)58(81)57(80)53(31-66)86-61/h10,13,15,17-18,22-23,25,32-34,37-59,61,66-82H,11-12,14,16,19-21,24,26-31H2,1-9H3,(H4,63,64,65). The van der Waals surface area contributed by atoms with Crippen molar-refractivity contribution >= 4 is 11.9 Å². The minimum Gasteiger partial charge on any atom is -0.458 e. The lowest BCUT2D eigenvalue weighted by atomic mass is 9.82. The average molecular weight is 1230 g/mol. The Morgan fingerprint density at radius 3 is 1.84 bits per heavy atom. The molecule has 0 saturated carbocycles. The largest absolute Gasteiger partial charge is 0.458 e. The van der Waals surface area contributed by atoms with Gasteiger partial charge in [0.25, 0.3) is 0 Å². The Morgan fingerprint density at radius 2 is 1.24 bits per heavy atom. The molecular formula is C62H111N3O21. The Bertz CT molecular complexity index is 2090. The van der Waals surface area contributed by atoms with E-state index in [-0.39, 0.29) is 61.7 Å². The highest BCUT2D eigenvalue weighted by Gasteiger charge is 2.46. The molecule has 0 bridgehead atoms. The normalized spacial score (nSPS) is 40.6. The number of hydrogen-bond donors (Lipinski definition) is 19. The highest BCUT2D eigenvalue weighted by molar-refractivity contribution is 5.87. The summed E-state index contributed by atoms with van der Waals surface area (Å²) in [6.07, 6.45) is -13.9. The number of nitrogens with two attached hydrogens (primary N) is 2. The Balaban J connectivity index is 2.45. The molecule has 0 aromatic heterocycles. The molecule has 0 radical (unpaired) electrons. The molecule has 0 spiro atoms. The molecule has 0 aromatic rings. The molecule has 24 heteroatoms. The molecule has 0 aliphatic carbocycles. The number of carbonyl (C=O) groups excluding carboxylic acids is 1. The Kier molecular flexibility index (Phi) is 36.4. The zero-order valence-electron chi connectivity index (χ0n) is 51.9. The van der Waals surface area contributed by atoms with E-state index in [9.17, 15) is 91.6 Å². The lowest BCUT2D eigenvalue weighted by Crippen LogP contribution is -2.60. The second-order valence-electron chi connectivity index (χ2n) is 24.7. The molecule has 2 aliphatic rings. The molecule has 0 amide bonds. The number of ether oxygens (including phenoxy) is 3. The fourth-order valence-corrected chi connectivity index (χ4v) is 10.7. The number of nitrogens with zero attached hydrogens (tertiary/aromatic N) is 1. The van der Waals surface area contributed by atoms with Crippen LogP contribution in [0.2, 0.25) is 0 Å². The van der Waals surface area contributed by atoms with Crippen molar-refractivity contribution in [3.63, 3.8) is 0 Å². The molecule has 1 saturated heterocycles. The van der Waals surface area contributed by atoms with E-state index in [2.05, 4.69) is 4.99 Å². The number of allylic oxidation sites excluding steroid dienone is 2. The number of guanidine groups is 1. The topological polar surface area (TPSA) is 453 Å². The zero-order chi connectivity index (χ0) is 65.3. The van der Waals surface area contributed by atoms with E-state index in [1.807, 2.05) is 13.0 Å². The second-order valence-corrected chi connectivity index (χ2v) is 24.7. The number of aliphatic imine (C=N–C) groups is 1. The van der Waals surface area contributed by atoms with Gasteiger partial charge in [-0.2, -0.15) is 0 Å². The first kappa shape index (κ1) is 78.8. The molecule has 24 nitrogen and oxygen atoms in total. The highest BCUT2D eigenvalue weighted by atomic mass is 16.7. The maximum atomic E-state index is 13.5. The van der Waals surface area contributed by atoms with Gasteiger partial charge in [-0.1, -0.05) is 97.1 Å². The first-order valence-electron chi connectivity index (χ1n) is 30.7. The summed E-state index contributed by atoms with van der Waals surface area (Å²) >= 11 is 0. The lowest BCUT2D eigenvalue weighted by molar-refractivity contribution is -0.313. The van der Waals surface area contributed by atoms with Gasteiger partial charge in [-0.15, -0.1) is 0 Å². The fourth-order valence-electron chi connectivity index (χ4n) is 10.7. The average Bonchev–Trinajstić information content (AvgIpc) is 3.36. The number of aliphatic hydroxyl groups is 17. The predicted molar refractivity (Wildman–Crippen MR) is 322 cm³/mol. The first-order valence-corrected chi connectivity index (χ1v) is 30.7. The Hall–Kier alpha value is -3.32. The predicted octanol–water partition coefficient (Wildman–Crippen LogP) is -0.243. The molecule has 27 atom stereocenters. The summed E-state index contributed by atoms with van der Waals surface area (Å²) in [5.74, 6) is -5.08. The second kappa shape index (κ2) is 39.7. The molecule has 0 aromatic carbocycles. The van der Waals surface area contributed by atoms with Gasteiger partial charge in [0.2, 0.25) is 0 Å². The van der Waals surface area contributed by atoms with Crippen molar-refractivity contribution in [1.82, 2.24) is 0 Å². The van der Waals surface area contributed by atoms with Crippen molar-refractivity contribution in [2.75, 3.05) is 13.2 Å². The summed E-state index contributed by atoms with van der Waals surface area (Å²) in [4.78, 5) is 17.5. The molecule has 2 rings (SSSR count). The van der Waals surface area contributed by atoms with E-state index in [4.69, 9.17) is 25.7 Å². The third-order valence-electron chi connectivity index (χ3n) is 17.3. The summed E-state index contributed by atoms with van der Waals surface area (Å²) in [7, 11) is 0. The van der Waals surface area contributed by atoms with Crippen LogP contribution in [-0.4, -0.2) is 234 Å². The van der Waals surface area contributed by atoms with Crippen LogP contribution in [-0.2, 0) is 19.0 Å². The van der Waals surface area contributed by atoms with Crippen molar-refractivity contribution in [3.05, 3.63) is 59.8 Å². The number of aliphatic hydroxyl groups excluding tert-OH is 17. The van der Waals surface area contributed by atoms with Crippen molar-refractivity contribution in [1.29, 1.82) is 0 Å². The van der Waals surface area contributed by atoms with Gasteiger partial charge in [-0.05, 0) is 83.1 Å². The summed E-state index contributed by atoms with van der Waals surface area (Å²) in [5.41, 5.74) is 11.4. The van der Waals surface area contributed by atoms with Crippen LogP contribution in [0.15, 0.2) is 64.7 Å². The van der Waals surface area contributed by atoms with E-state index in [1.165, 1.54) is 39.0 Å². The van der Waals surface area contributed by atoms with E-state index < -0.39 is 183 Å². The zero-order valence-corrected chi connectivity index (χ0v) is 51.9. The quantitative estimate of drug-likeness (QED) is 0.0466. The Labute approximate surface area is 508 Å². The van der Waals surface area contributed by atoms with Gasteiger partial charge in [0.15, 0.2) is 12.2 Å². The third kappa shape index (κ3) is 27.0. The summed E-state index contributed by atoms with van der Waals surface area (Å²) in [6, 6.07) is 0. The smallest absolute Gasteiger partial charge is 0.333 e. The summed E-state index contributed by atoms with van der Waals surface area (Å²) in [6.45, 7) is 14.3. The number of hydrogen-bond acceptors (Lipinski definition) is 22. The van der Waals surface area contributed by atoms with E-state index in [1.54, 1.807) is 58.9 Å². The van der Waals surface area contributed by atoms with E-state index >= 15 is 0 Å². The van der Waals surface area contributed by atoms with Crippen LogP contribution in [0, 0.1) is 41.4 Å². The maximum absolute atomic E-state index is 13.5. The molecule has 2 heterocycles. The molecule has 21 N–H and O–H groups in total. The number of carbonyl (C=O) groups is 1. The van der Waals surface area contributed by atoms with Gasteiger partial charge < -0.3 is 112 Å². The van der Waals surface area contributed by atoms with Crippen LogP contribution >= 0.6 is 0 Å². The van der Waals surface area contributed by atoms with Crippen LogP contribution in [0.5, 0.6) is 0 Å². The van der Waals surface area contributed by atoms with Crippen LogP contribution in [0.3, 0.4) is 0 Å². The molecule has 500 valence electrons. The van der Waals surface area contributed by atoms with Crippen LogP contribution in [0.25, 0.3) is 0 Å². The van der Waals surface area contributed by atoms with Gasteiger partial charge in [0.1, 0.15) is 36.6 Å². The van der Waals surface area contributed by atoms with E-state index in [0.717, 1.165) is 0 Å². The highest BCUT2D eigenvalue weighted by Crippen LogP contribution is 2.30. The molecule has 2 aliphatic heterocycles. The van der Waals surface area contributed by atoms with Gasteiger partial charge >= 0.3 is 5.97 Å². The minimum atomic E-state index is -1.88. The summed E-state index contributed by atoms with van der Waals surface area (Å²) < 4.78 is 17.4. The van der Waals surface area contributed by atoms with Crippen LogP contribution in [0.4, 0.5) is 0 Å². The number of rotatable bonds is 9. The van der Waals surface area contributed by atoms with Gasteiger partial charge in [-0.3, -0.25) is 4.99 Å². The van der Waals surface area contributed by atoms with Gasteiger partial charge in [0.05, 0.1) is 86.0 Å². The van der Waals surface area contributed by atoms with Crippen molar-refractivity contribution < 1.29 is 106 Å². The maximum Gasteiger partial charge on any atom is 0.333 e. The SMILES string of the molecule is CC1=CCCC(C)C(O)C(C)C(O)CCC=CC(C)C(O)C=CC(C)C(O)C(C)=CC(OC2OC(CO)C(O)C(O)C2O)C(O)CC(O)CC(O)CC(O)C(C)C(O)C(C)C(O)CC(O)CC(O)C=CCC(C(C)C(O)CCCN=C(N)N)OC1=O. The molecular weight excluding hydrogens is 1120 g/mol. The van der Waals surface area contributed by atoms with Gasteiger partial charge in [-0.25, -0.2) is 4.79 Å². The van der Waals surface area contributed by atoms with Crippen molar-refractivity contribution in [2.24, 2.45) is 57.9 Å². The number of cyclic esters (lactones) is 1.